The van der Waals surface area contributed by atoms with E-state index in [2.05, 4.69) is 21.5 Å². The molecule has 7 nitrogen and oxygen atoms in total. The molecule has 0 aliphatic rings. The number of carbonyl (C=O) groups is 3. The Balaban J connectivity index is 1.83. The smallest absolute Gasteiger partial charge is 0.315 e. The zero-order valence-corrected chi connectivity index (χ0v) is 16.3. The van der Waals surface area contributed by atoms with Gasteiger partial charge in [-0.25, -0.2) is 4.79 Å². The largest absolute Gasteiger partial charge is 0.336 e. The predicted molar refractivity (Wildman–Crippen MR) is 108 cm³/mol. The summed E-state index contributed by atoms with van der Waals surface area (Å²) in [4.78, 5) is 35.8. The van der Waals surface area contributed by atoms with Crippen LogP contribution in [0.2, 0.25) is 0 Å². The van der Waals surface area contributed by atoms with E-state index >= 15 is 0 Å². The molecule has 148 valence electrons. The van der Waals surface area contributed by atoms with Crippen LogP contribution in [0.15, 0.2) is 48.5 Å². The molecule has 4 amide bonds. The second-order valence-corrected chi connectivity index (χ2v) is 6.64. The van der Waals surface area contributed by atoms with Crippen molar-refractivity contribution in [2.75, 3.05) is 0 Å². The van der Waals surface area contributed by atoms with E-state index < -0.39 is 5.91 Å². The van der Waals surface area contributed by atoms with Crippen LogP contribution in [0.3, 0.4) is 0 Å². The fraction of sp³-hybridized carbons (Fsp3) is 0.286. The normalized spacial score (nSPS) is 10.3. The van der Waals surface area contributed by atoms with Crippen molar-refractivity contribution in [3.63, 3.8) is 0 Å². The number of hydrogen-bond acceptors (Lipinski definition) is 3. The molecule has 2 aromatic rings. The van der Waals surface area contributed by atoms with Gasteiger partial charge in [0.25, 0.3) is 11.8 Å². The van der Waals surface area contributed by atoms with Crippen LogP contribution in [0.1, 0.15) is 52.6 Å². The highest BCUT2D eigenvalue weighted by Gasteiger charge is 2.09. The van der Waals surface area contributed by atoms with Crippen LogP contribution in [0, 0.1) is 0 Å². The van der Waals surface area contributed by atoms with E-state index in [0.717, 1.165) is 17.5 Å². The summed E-state index contributed by atoms with van der Waals surface area (Å²) < 4.78 is 0. The zero-order chi connectivity index (χ0) is 20.5. The molecule has 2 aromatic carbocycles. The minimum absolute atomic E-state index is 0.0610. The zero-order valence-electron chi connectivity index (χ0n) is 16.3. The average Bonchev–Trinajstić information content (AvgIpc) is 2.70. The number of amides is 4. The molecule has 0 saturated heterocycles. The predicted octanol–water partition coefficient (Wildman–Crippen LogP) is 2.53. The molecule has 7 heteroatoms. The quantitative estimate of drug-likeness (QED) is 0.578. The molecular weight excluding hydrogens is 356 g/mol. The molecule has 4 N–H and O–H groups in total. The van der Waals surface area contributed by atoms with Crippen molar-refractivity contribution in [2.24, 2.45) is 0 Å². The number of hydrogen-bond donors (Lipinski definition) is 4. The molecule has 0 aromatic heterocycles. The van der Waals surface area contributed by atoms with Crippen LogP contribution >= 0.6 is 0 Å². The molecule has 0 unspecified atom stereocenters. The number of carbonyl (C=O) groups excluding carboxylic acids is 3. The van der Waals surface area contributed by atoms with Crippen LogP contribution in [0.5, 0.6) is 0 Å². The van der Waals surface area contributed by atoms with E-state index in [4.69, 9.17) is 0 Å². The molecule has 0 radical (unpaired) electrons. The van der Waals surface area contributed by atoms with E-state index in [0.29, 0.717) is 17.7 Å². The first kappa shape index (κ1) is 21.0. The SMILES string of the molecule is CCc1ccc(C(=O)NNC(=O)c2ccc(CNC(=O)NC(C)C)cc2)cc1. The Kier molecular flexibility index (Phi) is 7.56. The summed E-state index contributed by atoms with van der Waals surface area (Å²) in [6.45, 7) is 6.15. The van der Waals surface area contributed by atoms with Crippen molar-refractivity contribution in [2.45, 2.75) is 39.8 Å². The summed E-state index contributed by atoms with van der Waals surface area (Å²) >= 11 is 0. The lowest BCUT2D eigenvalue weighted by atomic mass is 10.1. The van der Waals surface area contributed by atoms with Crippen molar-refractivity contribution in [1.82, 2.24) is 21.5 Å². The first-order valence-corrected chi connectivity index (χ1v) is 9.22. The van der Waals surface area contributed by atoms with Crippen molar-refractivity contribution >= 4 is 17.8 Å². The topological polar surface area (TPSA) is 99.3 Å². The van der Waals surface area contributed by atoms with Crippen LogP contribution in [0.4, 0.5) is 4.79 Å². The van der Waals surface area contributed by atoms with Gasteiger partial charge in [-0.2, -0.15) is 0 Å². The van der Waals surface area contributed by atoms with Crippen molar-refractivity contribution in [3.8, 4) is 0 Å². The lowest BCUT2D eigenvalue weighted by molar-refractivity contribution is 0.0846. The van der Waals surface area contributed by atoms with Gasteiger partial charge in [0, 0.05) is 23.7 Å². The second kappa shape index (κ2) is 10.1. The maximum atomic E-state index is 12.2. The first-order chi connectivity index (χ1) is 13.4. The Labute approximate surface area is 164 Å². The third-order valence-corrected chi connectivity index (χ3v) is 4.00. The lowest BCUT2D eigenvalue weighted by Crippen LogP contribution is -2.41. The summed E-state index contributed by atoms with van der Waals surface area (Å²) in [5.74, 6) is -0.802. The molecule has 0 bridgehead atoms. The minimum atomic E-state index is -0.421. The van der Waals surface area contributed by atoms with E-state index in [1.807, 2.05) is 32.9 Å². The summed E-state index contributed by atoms with van der Waals surface area (Å²) in [5.41, 5.74) is 7.67. The maximum absolute atomic E-state index is 12.2. The second-order valence-electron chi connectivity index (χ2n) is 6.64. The number of nitrogens with one attached hydrogen (secondary N) is 4. The number of aryl methyl sites for hydroxylation is 1. The summed E-state index contributed by atoms with van der Waals surface area (Å²) in [6, 6.07) is 13.8. The number of urea groups is 1. The van der Waals surface area contributed by atoms with E-state index in [-0.39, 0.29) is 18.0 Å². The Hall–Kier alpha value is -3.35. The third kappa shape index (κ3) is 6.42. The minimum Gasteiger partial charge on any atom is -0.336 e. The van der Waals surface area contributed by atoms with Crippen LogP contribution < -0.4 is 21.5 Å². The maximum Gasteiger partial charge on any atom is 0.315 e. The average molecular weight is 382 g/mol. The monoisotopic (exact) mass is 382 g/mol. The Morgan fingerprint density at radius 1 is 0.786 bits per heavy atom. The number of rotatable bonds is 6. The molecule has 0 heterocycles. The van der Waals surface area contributed by atoms with Gasteiger partial charge in [0.05, 0.1) is 0 Å². The lowest BCUT2D eigenvalue weighted by Gasteiger charge is -2.11. The Bertz CT molecular complexity index is 815. The highest BCUT2D eigenvalue weighted by Crippen LogP contribution is 2.06. The van der Waals surface area contributed by atoms with E-state index in [1.165, 1.54) is 0 Å². The van der Waals surface area contributed by atoms with Crippen molar-refractivity contribution < 1.29 is 14.4 Å². The van der Waals surface area contributed by atoms with Crippen molar-refractivity contribution in [3.05, 3.63) is 70.8 Å². The van der Waals surface area contributed by atoms with Crippen molar-refractivity contribution in [1.29, 1.82) is 0 Å². The summed E-state index contributed by atoms with van der Waals surface area (Å²) in [5, 5.41) is 5.47. The molecule has 0 saturated carbocycles. The van der Waals surface area contributed by atoms with Crippen LogP contribution in [-0.4, -0.2) is 23.9 Å². The fourth-order valence-corrected chi connectivity index (χ4v) is 2.42. The van der Waals surface area contributed by atoms with Gasteiger partial charge in [0.15, 0.2) is 0 Å². The molecule has 0 spiro atoms. The van der Waals surface area contributed by atoms with Gasteiger partial charge in [-0.1, -0.05) is 31.2 Å². The molecule has 28 heavy (non-hydrogen) atoms. The standard InChI is InChI=1S/C21H26N4O3/c1-4-15-5-9-17(10-6-15)19(26)24-25-20(27)18-11-7-16(8-12-18)13-22-21(28)23-14(2)3/h5-12,14H,4,13H2,1-3H3,(H,24,26)(H,25,27)(H2,22,23,28). The molecule has 0 aliphatic heterocycles. The molecular formula is C21H26N4O3. The van der Waals surface area contributed by atoms with Gasteiger partial charge in [0.1, 0.15) is 0 Å². The third-order valence-electron chi connectivity index (χ3n) is 4.00. The molecule has 2 rings (SSSR count). The highest BCUT2D eigenvalue weighted by atomic mass is 16.2. The fourth-order valence-electron chi connectivity index (χ4n) is 2.42. The van der Waals surface area contributed by atoms with Gasteiger partial charge in [-0.3, -0.25) is 20.4 Å². The van der Waals surface area contributed by atoms with Gasteiger partial charge < -0.3 is 10.6 Å². The van der Waals surface area contributed by atoms with Gasteiger partial charge >= 0.3 is 6.03 Å². The van der Waals surface area contributed by atoms with E-state index in [1.54, 1.807) is 36.4 Å². The molecule has 0 aliphatic carbocycles. The van der Waals surface area contributed by atoms with Crippen LogP contribution in [0.25, 0.3) is 0 Å². The van der Waals surface area contributed by atoms with Gasteiger partial charge in [0.2, 0.25) is 0 Å². The van der Waals surface area contributed by atoms with E-state index in [9.17, 15) is 14.4 Å². The molecule has 0 atom stereocenters. The number of hydrazine groups is 1. The summed E-state index contributed by atoms with van der Waals surface area (Å²) in [6.07, 6.45) is 0.895. The highest BCUT2D eigenvalue weighted by molar-refractivity contribution is 5.99. The van der Waals surface area contributed by atoms with Crippen LogP contribution in [-0.2, 0) is 13.0 Å². The Morgan fingerprint density at radius 2 is 1.25 bits per heavy atom. The molecule has 0 fully saturated rings. The Morgan fingerprint density at radius 3 is 1.68 bits per heavy atom. The van der Waals surface area contributed by atoms with Gasteiger partial charge in [-0.05, 0) is 55.7 Å². The number of benzene rings is 2. The van der Waals surface area contributed by atoms with Gasteiger partial charge in [-0.15, -0.1) is 0 Å². The first-order valence-electron chi connectivity index (χ1n) is 9.22. The summed E-state index contributed by atoms with van der Waals surface area (Å²) in [7, 11) is 0.